The first-order valence-corrected chi connectivity index (χ1v) is 4.58. The van der Waals surface area contributed by atoms with Crippen LogP contribution in [-0.4, -0.2) is 0 Å². The molecule has 0 saturated carbocycles. The van der Waals surface area contributed by atoms with E-state index in [2.05, 4.69) is 52.8 Å². The normalized spacial score (nSPS) is 13.1. The van der Waals surface area contributed by atoms with Gasteiger partial charge in [-0.1, -0.05) is 36.3 Å². The highest BCUT2D eigenvalue weighted by Gasteiger charge is 1.89. The van der Waals surface area contributed by atoms with E-state index in [0.717, 1.165) is 6.42 Å². The van der Waals surface area contributed by atoms with Crippen LogP contribution in [0.3, 0.4) is 0 Å². The average Bonchev–Trinajstić information content (AvgIpc) is 2.02. The molecule has 0 aromatic rings. The van der Waals surface area contributed by atoms with Crippen LogP contribution in [0.2, 0.25) is 0 Å². The molecule has 0 rings (SSSR count). The molecule has 0 unspecified atom stereocenters. The van der Waals surface area contributed by atoms with Gasteiger partial charge < -0.3 is 0 Å². The van der Waals surface area contributed by atoms with Gasteiger partial charge in [0.2, 0.25) is 0 Å². The lowest BCUT2D eigenvalue weighted by Gasteiger charge is -1.99. The number of hydrogen-bond acceptors (Lipinski definition) is 0. The molecule has 0 aliphatic heterocycles. The summed E-state index contributed by atoms with van der Waals surface area (Å²) in [6, 6.07) is 0. The Morgan fingerprint density at radius 2 is 1.67 bits per heavy atom. The smallest absolute Gasteiger partial charge is 0.0307 e. The van der Waals surface area contributed by atoms with E-state index in [-0.39, 0.29) is 0 Å². The third kappa shape index (κ3) is 4.95. The lowest BCUT2D eigenvalue weighted by molar-refractivity contribution is 1.13. The first-order chi connectivity index (χ1) is 5.60. The maximum Gasteiger partial charge on any atom is -0.0307 e. The number of rotatable bonds is 3. The fourth-order valence-electron chi connectivity index (χ4n) is 0.992. The second-order valence-electron chi connectivity index (χ2n) is 3.33. The van der Waals surface area contributed by atoms with Crippen LogP contribution in [0.5, 0.6) is 0 Å². The molecule has 0 bridgehead atoms. The van der Waals surface area contributed by atoms with Crippen molar-refractivity contribution >= 4 is 0 Å². The van der Waals surface area contributed by atoms with Crippen molar-refractivity contribution in [3.63, 3.8) is 0 Å². The van der Waals surface area contributed by atoms with E-state index >= 15 is 0 Å². The molecule has 0 aliphatic carbocycles. The SMILES string of the molecule is C/C=C(C)/C=C(/C=C(C)C)CC. The fourth-order valence-corrected chi connectivity index (χ4v) is 0.992. The maximum atomic E-state index is 2.24. The Kier molecular flexibility index (Phi) is 5.44. The van der Waals surface area contributed by atoms with Crippen LogP contribution in [0, 0.1) is 0 Å². The molecule has 12 heavy (non-hydrogen) atoms. The zero-order valence-corrected chi connectivity index (χ0v) is 8.94. The number of hydrogen-bond donors (Lipinski definition) is 0. The predicted molar refractivity (Wildman–Crippen MR) is 57.2 cm³/mol. The van der Waals surface area contributed by atoms with Crippen LogP contribution in [-0.2, 0) is 0 Å². The van der Waals surface area contributed by atoms with Gasteiger partial charge in [-0.05, 0) is 39.7 Å². The zero-order chi connectivity index (χ0) is 9.56. The van der Waals surface area contributed by atoms with E-state index in [1.54, 1.807) is 0 Å². The van der Waals surface area contributed by atoms with E-state index < -0.39 is 0 Å². The molecule has 0 spiro atoms. The maximum absolute atomic E-state index is 2.24. The second kappa shape index (κ2) is 5.82. The summed E-state index contributed by atoms with van der Waals surface area (Å²) in [7, 11) is 0. The van der Waals surface area contributed by atoms with Crippen LogP contribution < -0.4 is 0 Å². The van der Waals surface area contributed by atoms with Gasteiger partial charge in [0.25, 0.3) is 0 Å². The minimum atomic E-state index is 1.11. The van der Waals surface area contributed by atoms with Gasteiger partial charge in [-0.25, -0.2) is 0 Å². The lowest BCUT2D eigenvalue weighted by Crippen LogP contribution is -1.78. The summed E-state index contributed by atoms with van der Waals surface area (Å²) in [5, 5.41) is 0. The Labute approximate surface area is 76.7 Å². The molecular formula is C12H20. The Hall–Kier alpha value is -0.780. The van der Waals surface area contributed by atoms with Crippen molar-refractivity contribution < 1.29 is 0 Å². The minimum Gasteiger partial charge on any atom is -0.0847 e. The molecule has 0 heteroatoms. The summed E-state index contributed by atoms with van der Waals surface area (Å²) in [5.74, 6) is 0. The molecule has 0 radical (unpaired) electrons. The molecule has 0 heterocycles. The molecule has 0 saturated heterocycles. The highest BCUT2D eigenvalue weighted by atomic mass is 14.0. The molecule has 0 aromatic heterocycles. The highest BCUT2D eigenvalue weighted by Crippen LogP contribution is 2.09. The van der Waals surface area contributed by atoms with Crippen molar-refractivity contribution in [3.8, 4) is 0 Å². The van der Waals surface area contributed by atoms with Crippen LogP contribution in [0.1, 0.15) is 41.0 Å². The Morgan fingerprint density at radius 3 is 2.00 bits per heavy atom. The zero-order valence-electron chi connectivity index (χ0n) is 8.94. The Morgan fingerprint density at radius 1 is 1.08 bits per heavy atom. The van der Waals surface area contributed by atoms with Crippen molar-refractivity contribution in [2.45, 2.75) is 41.0 Å². The van der Waals surface area contributed by atoms with E-state index in [0.29, 0.717) is 0 Å². The first kappa shape index (κ1) is 11.2. The molecular weight excluding hydrogens is 144 g/mol. The van der Waals surface area contributed by atoms with Gasteiger partial charge in [0.05, 0.1) is 0 Å². The standard InChI is InChI=1S/C12H20/c1-6-11(5)9-12(7-2)8-10(3)4/h6,8-9H,7H2,1-5H3/b11-6+,12-9+. The van der Waals surface area contributed by atoms with Crippen molar-refractivity contribution in [2.24, 2.45) is 0 Å². The topological polar surface area (TPSA) is 0 Å². The minimum absolute atomic E-state index is 1.11. The van der Waals surface area contributed by atoms with Gasteiger partial charge in [0.15, 0.2) is 0 Å². The Bertz CT molecular complexity index is 210. The average molecular weight is 164 g/mol. The summed E-state index contributed by atoms with van der Waals surface area (Å²) in [5.41, 5.74) is 4.11. The largest absolute Gasteiger partial charge is 0.0847 e. The summed E-state index contributed by atoms with van der Waals surface area (Å²) in [6.07, 6.45) is 7.73. The molecule has 68 valence electrons. The monoisotopic (exact) mass is 164 g/mol. The summed E-state index contributed by atoms with van der Waals surface area (Å²) in [6.45, 7) is 10.7. The van der Waals surface area contributed by atoms with Gasteiger partial charge in [-0.15, -0.1) is 0 Å². The quantitative estimate of drug-likeness (QED) is 0.547. The molecule has 0 fully saturated rings. The van der Waals surface area contributed by atoms with Gasteiger partial charge >= 0.3 is 0 Å². The van der Waals surface area contributed by atoms with Gasteiger partial charge in [0.1, 0.15) is 0 Å². The summed E-state index contributed by atoms with van der Waals surface area (Å²) < 4.78 is 0. The van der Waals surface area contributed by atoms with Gasteiger partial charge in [0, 0.05) is 0 Å². The van der Waals surface area contributed by atoms with Gasteiger partial charge in [-0.2, -0.15) is 0 Å². The van der Waals surface area contributed by atoms with E-state index in [1.165, 1.54) is 16.7 Å². The molecule has 0 N–H and O–H groups in total. The summed E-state index contributed by atoms with van der Waals surface area (Å²) >= 11 is 0. The van der Waals surface area contributed by atoms with Crippen molar-refractivity contribution in [1.82, 2.24) is 0 Å². The molecule has 0 amide bonds. The van der Waals surface area contributed by atoms with Crippen molar-refractivity contribution in [3.05, 3.63) is 34.9 Å². The first-order valence-electron chi connectivity index (χ1n) is 4.58. The third-order valence-electron chi connectivity index (χ3n) is 1.75. The van der Waals surface area contributed by atoms with E-state index in [4.69, 9.17) is 0 Å². The van der Waals surface area contributed by atoms with Crippen LogP contribution in [0.4, 0.5) is 0 Å². The van der Waals surface area contributed by atoms with Crippen LogP contribution in [0.25, 0.3) is 0 Å². The van der Waals surface area contributed by atoms with Crippen LogP contribution >= 0.6 is 0 Å². The number of allylic oxidation sites excluding steroid dienone is 6. The Balaban J connectivity index is 4.56. The summed E-state index contributed by atoms with van der Waals surface area (Å²) in [4.78, 5) is 0. The molecule has 0 nitrogen and oxygen atoms in total. The molecule has 0 aliphatic rings. The second-order valence-corrected chi connectivity index (χ2v) is 3.33. The third-order valence-corrected chi connectivity index (χ3v) is 1.75. The van der Waals surface area contributed by atoms with Crippen molar-refractivity contribution in [2.75, 3.05) is 0 Å². The molecule has 0 aromatic carbocycles. The van der Waals surface area contributed by atoms with E-state index in [1.807, 2.05) is 0 Å². The van der Waals surface area contributed by atoms with Crippen molar-refractivity contribution in [1.29, 1.82) is 0 Å². The lowest BCUT2D eigenvalue weighted by atomic mass is 10.1. The predicted octanol–water partition coefficient (Wildman–Crippen LogP) is 4.26. The highest BCUT2D eigenvalue weighted by molar-refractivity contribution is 5.29. The van der Waals surface area contributed by atoms with E-state index in [9.17, 15) is 0 Å². The van der Waals surface area contributed by atoms with Crippen LogP contribution in [0.15, 0.2) is 34.9 Å². The molecule has 0 atom stereocenters. The fraction of sp³-hybridized carbons (Fsp3) is 0.500. The van der Waals surface area contributed by atoms with Gasteiger partial charge in [-0.3, -0.25) is 0 Å².